The number of piperidine rings is 1. The first kappa shape index (κ1) is 26.1. The number of hydrogen-bond donors (Lipinski definition) is 2. The van der Waals surface area contributed by atoms with Gasteiger partial charge >= 0.3 is 6.09 Å². The minimum Gasteiger partial charge on any atom is -0.445 e. The number of likely N-dealkylation sites (N-methyl/N-ethyl adjacent to an activating group) is 1. The van der Waals surface area contributed by atoms with Crippen LogP contribution in [0.1, 0.15) is 61.0 Å². The van der Waals surface area contributed by atoms with Gasteiger partial charge < -0.3 is 25.0 Å². The smallest absolute Gasteiger partial charge is 0.410 e. The molecule has 2 N–H and O–H groups in total. The molecule has 5 aliphatic rings. The fourth-order valence-electron chi connectivity index (χ4n) is 7.87. The van der Waals surface area contributed by atoms with Crippen molar-refractivity contribution in [2.24, 2.45) is 24.8 Å². The SMILES string of the molecule is CN(c1c(F)c(C(=O)N[C@H]2C3CC4CC2C[C@](O)(C4)C3)nn1C)[C@H]1CCCN(C(=O)OCc2ccccc2)C1. The van der Waals surface area contributed by atoms with Crippen molar-refractivity contribution in [3.8, 4) is 0 Å². The lowest BCUT2D eigenvalue weighted by Gasteiger charge is -2.58. The zero-order chi connectivity index (χ0) is 27.3. The van der Waals surface area contributed by atoms with Crippen molar-refractivity contribution >= 4 is 17.8 Å². The van der Waals surface area contributed by atoms with Crippen LogP contribution in [0, 0.1) is 23.6 Å². The second kappa shape index (κ2) is 10.1. The van der Waals surface area contributed by atoms with E-state index in [0.29, 0.717) is 31.8 Å². The second-order valence-corrected chi connectivity index (χ2v) is 12.2. The summed E-state index contributed by atoms with van der Waals surface area (Å²) >= 11 is 0. The van der Waals surface area contributed by atoms with Crippen molar-refractivity contribution in [2.75, 3.05) is 25.0 Å². The Labute approximate surface area is 228 Å². The lowest BCUT2D eigenvalue weighted by molar-refractivity contribution is -0.137. The van der Waals surface area contributed by atoms with Gasteiger partial charge in [-0.1, -0.05) is 30.3 Å². The van der Waals surface area contributed by atoms with E-state index < -0.39 is 17.3 Å². The van der Waals surface area contributed by atoms with Crippen LogP contribution in [0.4, 0.5) is 15.0 Å². The number of anilines is 1. The number of hydrogen-bond acceptors (Lipinski definition) is 6. The molecule has 2 unspecified atom stereocenters. The molecule has 2 heterocycles. The molecule has 5 fully saturated rings. The molecule has 39 heavy (non-hydrogen) atoms. The fourth-order valence-corrected chi connectivity index (χ4v) is 7.87. The molecule has 0 radical (unpaired) electrons. The normalized spacial score (nSPS) is 31.3. The molecule has 2 aromatic rings. The average Bonchev–Trinajstić information content (AvgIpc) is 3.22. The molecular weight excluding hydrogens is 501 g/mol. The van der Waals surface area contributed by atoms with Gasteiger partial charge in [0.2, 0.25) is 0 Å². The standard InChI is InChI=1S/C29H38FN5O4/c1-33(22-9-6-10-35(16-22)28(37)39-17-18-7-4-3-5-8-18)27-23(30)25(32-34(27)2)26(36)31-24-20-11-19-12-21(24)15-29(38,13-19)14-20/h3-5,7-8,19-22,24,38H,6,9-17H2,1-2H3,(H,31,36)/t19?,20?,21?,22-,24-,29-/m0/s1. The highest BCUT2D eigenvalue weighted by molar-refractivity contribution is 5.93. The monoisotopic (exact) mass is 539 g/mol. The van der Waals surface area contributed by atoms with Crippen molar-refractivity contribution in [3.63, 3.8) is 0 Å². The molecular formula is C29H38FN5O4. The fraction of sp³-hybridized carbons (Fsp3) is 0.621. The topological polar surface area (TPSA) is 99.9 Å². The number of ether oxygens (including phenoxy) is 1. The summed E-state index contributed by atoms with van der Waals surface area (Å²) in [5.74, 6) is 0.0656. The van der Waals surface area contributed by atoms with Crippen LogP contribution in [0.2, 0.25) is 0 Å². The third kappa shape index (κ3) is 4.99. The summed E-state index contributed by atoms with van der Waals surface area (Å²) < 4.78 is 22.7. The van der Waals surface area contributed by atoms with Gasteiger partial charge in [-0.15, -0.1) is 0 Å². The van der Waals surface area contributed by atoms with E-state index in [-0.39, 0.29) is 48.1 Å². The van der Waals surface area contributed by atoms with E-state index in [1.165, 1.54) is 4.68 Å². The first-order valence-corrected chi connectivity index (χ1v) is 14.1. The zero-order valence-corrected chi connectivity index (χ0v) is 22.7. The number of aryl methyl sites for hydroxylation is 1. The summed E-state index contributed by atoms with van der Waals surface area (Å²) in [4.78, 5) is 29.4. The largest absolute Gasteiger partial charge is 0.445 e. The Morgan fingerprint density at radius 3 is 2.62 bits per heavy atom. The van der Waals surface area contributed by atoms with Gasteiger partial charge in [-0.3, -0.25) is 4.79 Å². The van der Waals surface area contributed by atoms with Gasteiger partial charge in [0.05, 0.1) is 5.60 Å². The average molecular weight is 540 g/mol. The predicted octanol–water partition coefficient (Wildman–Crippen LogP) is 3.47. The van der Waals surface area contributed by atoms with Crippen LogP contribution < -0.4 is 10.2 Å². The molecule has 7 rings (SSSR count). The lowest BCUT2D eigenvalue weighted by atomic mass is 9.52. The van der Waals surface area contributed by atoms with Crippen molar-refractivity contribution in [3.05, 3.63) is 47.4 Å². The van der Waals surface area contributed by atoms with E-state index in [2.05, 4.69) is 10.4 Å². The number of aromatic nitrogens is 2. The van der Waals surface area contributed by atoms with Gasteiger partial charge in [0.25, 0.3) is 5.91 Å². The highest BCUT2D eigenvalue weighted by Crippen LogP contribution is 2.55. The van der Waals surface area contributed by atoms with Crippen LogP contribution in [0.5, 0.6) is 0 Å². The molecule has 1 aliphatic heterocycles. The Balaban J connectivity index is 1.10. The van der Waals surface area contributed by atoms with Crippen LogP contribution in [-0.4, -0.2) is 69.6 Å². The number of carbonyl (C=O) groups excluding carboxylic acids is 2. The maximum absolute atomic E-state index is 15.8. The van der Waals surface area contributed by atoms with E-state index in [9.17, 15) is 14.7 Å². The Kier molecular flexibility index (Phi) is 6.77. The van der Waals surface area contributed by atoms with Crippen LogP contribution in [-0.2, 0) is 18.4 Å². The van der Waals surface area contributed by atoms with Gasteiger partial charge in [0.15, 0.2) is 17.3 Å². The van der Waals surface area contributed by atoms with Crippen LogP contribution in [0.3, 0.4) is 0 Å². The maximum Gasteiger partial charge on any atom is 0.410 e. The highest BCUT2D eigenvalue weighted by atomic mass is 19.1. The van der Waals surface area contributed by atoms with E-state index in [1.54, 1.807) is 23.9 Å². The molecule has 2 amide bonds. The van der Waals surface area contributed by atoms with Gasteiger partial charge in [0.1, 0.15) is 6.61 Å². The number of likely N-dealkylation sites (tertiary alicyclic amines) is 1. The van der Waals surface area contributed by atoms with Crippen LogP contribution in [0.15, 0.2) is 30.3 Å². The van der Waals surface area contributed by atoms with Crippen molar-refractivity contribution in [1.29, 1.82) is 0 Å². The van der Waals surface area contributed by atoms with Gasteiger partial charge in [-0.25, -0.2) is 13.9 Å². The molecule has 4 saturated carbocycles. The second-order valence-electron chi connectivity index (χ2n) is 12.2. The summed E-state index contributed by atoms with van der Waals surface area (Å²) in [6, 6.07) is 9.34. The Morgan fingerprint density at radius 1 is 1.21 bits per heavy atom. The minimum atomic E-state index is -0.649. The number of benzene rings is 1. The van der Waals surface area contributed by atoms with E-state index in [4.69, 9.17) is 4.74 Å². The molecule has 10 heteroatoms. The number of amides is 2. The summed E-state index contributed by atoms with van der Waals surface area (Å²) in [6.07, 6.45) is 5.45. The molecule has 9 nitrogen and oxygen atoms in total. The van der Waals surface area contributed by atoms with Crippen molar-refractivity contribution in [1.82, 2.24) is 20.0 Å². The Morgan fingerprint density at radius 2 is 1.92 bits per heavy atom. The quantitative estimate of drug-likeness (QED) is 0.583. The Bertz CT molecular complexity index is 1220. The summed E-state index contributed by atoms with van der Waals surface area (Å²) in [6.45, 7) is 1.18. The highest BCUT2D eigenvalue weighted by Gasteiger charge is 2.55. The third-order valence-electron chi connectivity index (χ3n) is 9.46. The minimum absolute atomic E-state index is 0.0503. The van der Waals surface area contributed by atoms with Crippen LogP contribution >= 0.6 is 0 Å². The molecule has 4 aliphatic carbocycles. The molecule has 3 atom stereocenters. The summed E-state index contributed by atoms with van der Waals surface area (Å²) in [5.41, 5.74) is 0.122. The molecule has 1 aromatic heterocycles. The van der Waals surface area contributed by atoms with Gasteiger partial charge in [-0.05, 0) is 68.3 Å². The molecule has 1 aromatic carbocycles. The third-order valence-corrected chi connectivity index (χ3v) is 9.46. The number of halogens is 1. The summed E-state index contributed by atoms with van der Waals surface area (Å²) in [5, 5.41) is 18.2. The molecule has 210 valence electrons. The van der Waals surface area contributed by atoms with Crippen molar-refractivity contribution in [2.45, 2.75) is 69.2 Å². The number of rotatable bonds is 6. The number of nitrogens with one attached hydrogen (secondary N) is 1. The van der Waals surface area contributed by atoms with Gasteiger partial charge in [0, 0.05) is 39.3 Å². The lowest BCUT2D eigenvalue weighted by Crippen LogP contribution is -2.61. The first-order chi connectivity index (χ1) is 18.7. The van der Waals surface area contributed by atoms with E-state index in [1.807, 2.05) is 30.3 Å². The molecule has 1 saturated heterocycles. The van der Waals surface area contributed by atoms with Crippen LogP contribution in [0.25, 0.3) is 0 Å². The molecule has 4 bridgehead atoms. The Hall–Kier alpha value is -3.14. The first-order valence-electron chi connectivity index (χ1n) is 14.1. The van der Waals surface area contributed by atoms with E-state index >= 15 is 4.39 Å². The number of nitrogens with zero attached hydrogens (tertiary/aromatic N) is 4. The molecule has 0 spiro atoms. The maximum atomic E-state index is 15.8. The number of aliphatic hydroxyl groups is 1. The van der Waals surface area contributed by atoms with E-state index in [0.717, 1.165) is 37.7 Å². The van der Waals surface area contributed by atoms with Gasteiger partial charge in [-0.2, -0.15) is 5.10 Å². The summed E-state index contributed by atoms with van der Waals surface area (Å²) in [7, 11) is 3.42. The zero-order valence-electron chi connectivity index (χ0n) is 22.7. The number of carbonyl (C=O) groups is 2. The predicted molar refractivity (Wildman–Crippen MR) is 143 cm³/mol. The van der Waals surface area contributed by atoms with Crippen molar-refractivity contribution < 1.29 is 23.8 Å².